The van der Waals surface area contributed by atoms with Crippen LogP contribution in [0.5, 0.6) is 0 Å². The average molecular weight is 317 g/mol. The molecule has 0 spiro atoms. The molecule has 1 aromatic rings. The normalized spacial score (nSPS) is 24.9. The minimum atomic E-state index is -0.253. The summed E-state index contributed by atoms with van der Waals surface area (Å²) in [5.74, 6) is 0.444. The fraction of sp³-hybridized carbons (Fsp3) is 0.632. The van der Waals surface area contributed by atoms with Crippen molar-refractivity contribution in [2.45, 2.75) is 39.3 Å². The third-order valence-corrected chi connectivity index (χ3v) is 5.35. The van der Waals surface area contributed by atoms with E-state index in [1.165, 1.54) is 0 Å². The maximum atomic E-state index is 12.9. The van der Waals surface area contributed by atoms with Gasteiger partial charge in [-0.2, -0.15) is 0 Å². The maximum Gasteiger partial charge on any atom is 0.227 e. The third-order valence-electron chi connectivity index (χ3n) is 5.35. The van der Waals surface area contributed by atoms with Crippen molar-refractivity contribution in [2.75, 3.05) is 26.7 Å². The van der Waals surface area contributed by atoms with Gasteiger partial charge in [-0.1, -0.05) is 51.1 Å². The van der Waals surface area contributed by atoms with Crippen LogP contribution >= 0.6 is 0 Å². The van der Waals surface area contributed by atoms with Gasteiger partial charge in [-0.05, 0) is 24.4 Å². The molecule has 0 aliphatic carbocycles. The number of carbonyl (C=O) groups excluding carboxylic acids is 1. The van der Waals surface area contributed by atoms with Crippen LogP contribution in [0.2, 0.25) is 0 Å². The van der Waals surface area contributed by atoms with Crippen molar-refractivity contribution in [1.82, 2.24) is 9.80 Å². The molecule has 1 heterocycles. The van der Waals surface area contributed by atoms with E-state index < -0.39 is 0 Å². The van der Waals surface area contributed by atoms with Crippen molar-refractivity contribution >= 4 is 5.91 Å². The second-order valence-electron chi connectivity index (χ2n) is 6.90. The predicted molar refractivity (Wildman–Crippen MR) is 95.0 cm³/mol. The number of rotatable bonds is 5. The molecule has 1 aliphatic heterocycles. The number of amides is 1. The Hall–Kier alpha value is -1.39. The van der Waals surface area contributed by atoms with Crippen LogP contribution in [0.4, 0.5) is 0 Å². The fourth-order valence-corrected chi connectivity index (χ4v) is 3.68. The number of hydrogen-bond acceptors (Lipinski definition) is 3. The Labute approximate surface area is 140 Å². The number of carbonyl (C=O) groups is 1. The van der Waals surface area contributed by atoms with Crippen LogP contribution in [0.15, 0.2) is 30.3 Å². The third kappa shape index (κ3) is 4.12. The highest BCUT2D eigenvalue weighted by atomic mass is 16.2. The van der Waals surface area contributed by atoms with Crippen molar-refractivity contribution in [1.29, 1.82) is 0 Å². The molecule has 1 aromatic carbocycles. The first-order chi connectivity index (χ1) is 11.0. The van der Waals surface area contributed by atoms with Gasteiger partial charge in [0.25, 0.3) is 0 Å². The topological polar surface area (TPSA) is 49.6 Å². The quantitative estimate of drug-likeness (QED) is 0.908. The molecule has 1 aliphatic rings. The minimum absolute atomic E-state index is 0.156. The summed E-state index contributed by atoms with van der Waals surface area (Å²) in [7, 11) is 1.94. The Balaban J connectivity index is 2.01. The lowest BCUT2D eigenvalue weighted by Gasteiger charge is -2.42. The summed E-state index contributed by atoms with van der Waals surface area (Å²) >= 11 is 0. The molecule has 23 heavy (non-hydrogen) atoms. The highest BCUT2D eigenvalue weighted by molar-refractivity contribution is 5.79. The SMILES string of the molecule is CCN1CC[C@H](N(C)C(=O)[C@H](C)[C@@H](N)c2ccccc2)[C@H](C)C1. The second kappa shape index (κ2) is 7.93. The van der Waals surface area contributed by atoms with E-state index in [0.29, 0.717) is 12.0 Å². The average Bonchev–Trinajstić information content (AvgIpc) is 2.59. The molecule has 1 saturated heterocycles. The first-order valence-electron chi connectivity index (χ1n) is 8.75. The summed E-state index contributed by atoms with van der Waals surface area (Å²) in [6, 6.07) is 9.97. The summed E-state index contributed by atoms with van der Waals surface area (Å²) in [4.78, 5) is 17.3. The number of nitrogens with zero attached hydrogens (tertiary/aromatic N) is 2. The first-order valence-corrected chi connectivity index (χ1v) is 8.75. The van der Waals surface area contributed by atoms with E-state index in [0.717, 1.165) is 31.6 Å². The van der Waals surface area contributed by atoms with Gasteiger partial charge < -0.3 is 15.5 Å². The Morgan fingerprint density at radius 2 is 2.04 bits per heavy atom. The van der Waals surface area contributed by atoms with Gasteiger partial charge in [-0.3, -0.25) is 4.79 Å². The van der Waals surface area contributed by atoms with E-state index in [2.05, 4.69) is 18.7 Å². The summed E-state index contributed by atoms with van der Waals surface area (Å²) < 4.78 is 0. The molecule has 4 atom stereocenters. The first kappa shape index (κ1) is 18.0. The fourth-order valence-electron chi connectivity index (χ4n) is 3.68. The molecule has 4 nitrogen and oxygen atoms in total. The molecule has 1 fully saturated rings. The van der Waals surface area contributed by atoms with Crippen molar-refractivity contribution in [3.05, 3.63) is 35.9 Å². The molecule has 1 amide bonds. The van der Waals surface area contributed by atoms with Crippen LogP contribution in [0, 0.1) is 11.8 Å². The van der Waals surface area contributed by atoms with Crippen LogP contribution in [0.3, 0.4) is 0 Å². The zero-order valence-corrected chi connectivity index (χ0v) is 14.9. The molecule has 128 valence electrons. The van der Waals surface area contributed by atoms with Crippen molar-refractivity contribution in [2.24, 2.45) is 17.6 Å². The highest BCUT2D eigenvalue weighted by Gasteiger charge is 2.33. The van der Waals surface area contributed by atoms with Gasteiger partial charge in [-0.25, -0.2) is 0 Å². The van der Waals surface area contributed by atoms with E-state index >= 15 is 0 Å². The molecule has 2 rings (SSSR count). The summed E-state index contributed by atoms with van der Waals surface area (Å²) in [5, 5.41) is 0. The molecular formula is C19H31N3O. The smallest absolute Gasteiger partial charge is 0.227 e. The van der Waals surface area contributed by atoms with Crippen LogP contribution in [0.25, 0.3) is 0 Å². The van der Waals surface area contributed by atoms with Crippen molar-refractivity contribution < 1.29 is 4.79 Å². The van der Waals surface area contributed by atoms with Gasteiger partial charge in [0.05, 0.1) is 5.92 Å². The monoisotopic (exact) mass is 317 g/mol. The number of piperidine rings is 1. The van der Waals surface area contributed by atoms with E-state index in [9.17, 15) is 4.79 Å². The second-order valence-corrected chi connectivity index (χ2v) is 6.90. The Bertz CT molecular complexity index is 505. The number of benzene rings is 1. The largest absolute Gasteiger partial charge is 0.342 e. The molecule has 0 aromatic heterocycles. The summed E-state index contributed by atoms with van der Waals surface area (Å²) in [6.45, 7) is 9.62. The van der Waals surface area contributed by atoms with E-state index in [1.54, 1.807) is 0 Å². The number of likely N-dealkylation sites (tertiary alicyclic amines) is 1. The Morgan fingerprint density at radius 3 is 2.61 bits per heavy atom. The summed E-state index contributed by atoms with van der Waals surface area (Å²) in [6.07, 6.45) is 1.05. The van der Waals surface area contributed by atoms with E-state index in [1.807, 2.05) is 49.2 Å². The van der Waals surface area contributed by atoms with Gasteiger partial charge in [0.15, 0.2) is 0 Å². The molecule has 2 N–H and O–H groups in total. The maximum absolute atomic E-state index is 12.9. The number of hydrogen-bond donors (Lipinski definition) is 1. The van der Waals surface area contributed by atoms with Crippen molar-refractivity contribution in [3.63, 3.8) is 0 Å². The molecule has 4 heteroatoms. The van der Waals surface area contributed by atoms with E-state index in [-0.39, 0.29) is 17.9 Å². The van der Waals surface area contributed by atoms with Gasteiger partial charge in [-0.15, -0.1) is 0 Å². The Kier molecular flexibility index (Phi) is 6.19. The zero-order chi connectivity index (χ0) is 17.0. The summed E-state index contributed by atoms with van der Waals surface area (Å²) in [5.41, 5.74) is 7.35. The molecule has 0 unspecified atom stereocenters. The predicted octanol–water partition coefficient (Wildman–Crippen LogP) is 2.51. The number of nitrogens with two attached hydrogens (primary N) is 1. The van der Waals surface area contributed by atoms with Crippen LogP contribution in [-0.2, 0) is 4.79 Å². The zero-order valence-electron chi connectivity index (χ0n) is 14.9. The van der Waals surface area contributed by atoms with Crippen molar-refractivity contribution in [3.8, 4) is 0 Å². The van der Waals surface area contributed by atoms with Crippen LogP contribution in [-0.4, -0.2) is 48.4 Å². The standard InChI is InChI=1S/C19H31N3O/c1-5-22-12-11-17(14(2)13-22)21(4)19(23)15(3)18(20)16-9-7-6-8-10-16/h6-10,14-15,17-18H,5,11-13,20H2,1-4H3/t14-,15-,17+,18-/m1/s1. The lowest BCUT2D eigenvalue weighted by atomic mass is 9.89. The lowest BCUT2D eigenvalue weighted by molar-refractivity contribution is -0.138. The van der Waals surface area contributed by atoms with Gasteiger partial charge in [0, 0.05) is 32.2 Å². The molecule has 0 bridgehead atoms. The van der Waals surface area contributed by atoms with Gasteiger partial charge in [0.1, 0.15) is 0 Å². The molecule has 0 saturated carbocycles. The Morgan fingerprint density at radius 1 is 1.39 bits per heavy atom. The molecular weight excluding hydrogens is 286 g/mol. The van der Waals surface area contributed by atoms with E-state index in [4.69, 9.17) is 5.73 Å². The molecule has 0 radical (unpaired) electrons. The van der Waals surface area contributed by atoms with Gasteiger partial charge in [0.2, 0.25) is 5.91 Å². The lowest BCUT2D eigenvalue weighted by Crippen LogP contribution is -2.52. The van der Waals surface area contributed by atoms with Crippen LogP contribution in [0.1, 0.15) is 38.8 Å². The minimum Gasteiger partial charge on any atom is -0.342 e. The van der Waals surface area contributed by atoms with Crippen LogP contribution < -0.4 is 5.73 Å². The highest BCUT2D eigenvalue weighted by Crippen LogP contribution is 2.26. The van der Waals surface area contributed by atoms with Gasteiger partial charge >= 0.3 is 0 Å².